The van der Waals surface area contributed by atoms with Crippen LogP contribution in [0.15, 0.2) is 78.4 Å². The lowest BCUT2D eigenvalue weighted by molar-refractivity contribution is 0.119. The van der Waals surface area contributed by atoms with Crippen molar-refractivity contribution in [1.82, 2.24) is 19.8 Å². The second-order valence-corrected chi connectivity index (χ2v) is 13.1. The van der Waals surface area contributed by atoms with E-state index in [4.69, 9.17) is 4.74 Å². The van der Waals surface area contributed by atoms with Crippen molar-refractivity contribution in [2.45, 2.75) is 38.9 Å². The highest BCUT2D eigenvalue weighted by molar-refractivity contribution is 7.92. The lowest BCUT2D eigenvalue weighted by Crippen LogP contribution is -2.48. The van der Waals surface area contributed by atoms with Crippen LogP contribution in [0.25, 0.3) is 0 Å². The number of thiazole rings is 1. The fourth-order valence-electron chi connectivity index (χ4n) is 4.83. The minimum atomic E-state index is -3.32. The van der Waals surface area contributed by atoms with E-state index >= 15 is 0 Å². The van der Waals surface area contributed by atoms with Gasteiger partial charge >= 0.3 is 6.03 Å². The lowest BCUT2D eigenvalue weighted by atomic mass is 10.0. The fraction of sp³-hybridized carbons (Fsp3) is 0.300. The topological polar surface area (TPSA) is 117 Å². The summed E-state index contributed by atoms with van der Waals surface area (Å²) >= 11 is 1.56. The maximum absolute atomic E-state index is 13.3. The number of piperidine rings is 1. The molecule has 10 nitrogen and oxygen atoms in total. The third kappa shape index (κ3) is 10.3. The number of benzene rings is 2. The van der Waals surface area contributed by atoms with Gasteiger partial charge in [-0.1, -0.05) is 12.1 Å². The molecule has 0 aliphatic carbocycles. The molecule has 1 fully saturated rings. The van der Waals surface area contributed by atoms with Gasteiger partial charge < -0.3 is 15.0 Å². The van der Waals surface area contributed by atoms with E-state index < -0.39 is 10.0 Å². The summed E-state index contributed by atoms with van der Waals surface area (Å²) in [7, 11) is -3.32. The Bertz CT molecular complexity index is 1570. The van der Waals surface area contributed by atoms with Gasteiger partial charge in [-0.2, -0.15) is 0 Å². The number of nitrogens with one attached hydrogen (secondary N) is 2. The number of hydrogen-bond donors (Lipinski definition) is 2. The van der Waals surface area contributed by atoms with Crippen LogP contribution in [0.3, 0.4) is 0 Å². The number of hydrogen-bond acceptors (Lipinski definition) is 8. The summed E-state index contributed by atoms with van der Waals surface area (Å²) in [5.74, 6) is 1.32. The molecule has 2 N–H and O–H groups in total. The predicted octanol–water partition coefficient (Wildman–Crippen LogP) is 6.55. The van der Waals surface area contributed by atoms with Crippen LogP contribution < -0.4 is 14.8 Å². The highest BCUT2D eigenvalue weighted by Gasteiger charge is 2.29. The largest absolute Gasteiger partial charge is 0.457 e. The minimum Gasteiger partial charge on any atom is -0.457 e. The summed E-state index contributed by atoms with van der Waals surface area (Å²) in [4.78, 5) is 26.4. The number of nitrogens with zero attached hydrogens (tertiary/aromatic N) is 4. The zero-order valence-corrected chi connectivity index (χ0v) is 27.6. The van der Waals surface area contributed by atoms with Crippen LogP contribution in [-0.2, 0) is 23.1 Å². The maximum Gasteiger partial charge on any atom is 0.322 e. The zero-order chi connectivity index (χ0) is 29.5. The van der Waals surface area contributed by atoms with Gasteiger partial charge in [0, 0.05) is 48.6 Å². The van der Waals surface area contributed by atoms with Crippen molar-refractivity contribution < 1.29 is 17.9 Å². The van der Waals surface area contributed by atoms with Gasteiger partial charge in [0.1, 0.15) is 16.5 Å². The van der Waals surface area contributed by atoms with Crippen molar-refractivity contribution in [3.63, 3.8) is 0 Å². The number of likely N-dealkylation sites (tertiary alicyclic amines) is 1. The quantitative estimate of drug-likeness (QED) is 0.195. The Hall–Kier alpha value is -3.42. The first kappa shape index (κ1) is 35.1. The molecule has 0 saturated carbocycles. The standard InChI is InChI=1S/C30H34N6O4S2.2ClH/c1-22-3-6-25(19-32-22)33-30(37)36(21-29-31-15-18-41-29)26-13-16-35(17-14-26)20-23-4-9-27(10-5-23)40-28-11-7-24(8-12-28)34-42(2,38)39;;/h3-12,15,18-19,26,34H,13-14,16-17,20-21H2,1-2H3,(H,33,37);2*1H. The molecule has 14 heteroatoms. The van der Waals surface area contributed by atoms with Crippen LogP contribution >= 0.6 is 36.2 Å². The van der Waals surface area contributed by atoms with E-state index in [1.807, 2.05) is 41.5 Å². The molecular formula is C30H36Cl2N6O4S2. The Morgan fingerprint density at radius 2 is 1.61 bits per heavy atom. The molecule has 0 unspecified atom stereocenters. The lowest BCUT2D eigenvalue weighted by Gasteiger charge is -2.38. The van der Waals surface area contributed by atoms with E-state index in [0.29, 0.717) is 29.4 Å². The Morgan fingerprint density at radius 1 is 0.977 bits per heavy atom. The van der Waals surface area contributed by atoms with E-state index in [1.54, 1.807) is 48.0 Å². The molecule has 1 saturated heterocycles. The van der Waals surface area contributed by atoms with Crippen LogP contribution in [0.5, 0.6) is 11.5 Å². The number of halogens is 2. The van der Waals surface area contributed by atoms with Gasteiger partial charge in [0.25, 0.3) is 0 Å². The highest BCUT2D eigenvalue weighted by Crippen LogP contribution is 2.26. The molecule has 1 aliphatic heterocycles. The molecule has 3 heterocycles. The van der Waals surface area contributed by atoms with E-state index in [2.05, 4.69) is 37.0 Å². The molecular weight excluding hydrogens is 643 g/mol. The number of pyridine rings is 1. The van der Waals surface area contributed by atoms with E-state index in [1.165, 1.54) is 5.56 Å². The van der Waals surface area contributed by atoms with E-state index in [0.717, 1.165) is 49.4 Å². The molecule has 0 radical (unpaired) electrons. The van der Waals surface area contributed by atoms with Crippen molar-refractivity contribution in [2.75, 3.05) is 29.4 Å². The highest BCUT2D eigenvalue weighted by atomic mass is 35.5. The number of amides is 2. The molecule has 236 valence electrons. The third-order valence-electron chi connectivity index (χ3n) is 6.93. The van der Waals surface area contributed by atoms with Crippen molar-refractivity contribution in [1.29, 1.82) is 0 Å². The molecule has 44 heavy (non-hydrogen) atoms. The van der Waals surface area contributed by atoms with Gasteiger partial charge in [-0.15, -0.1) is 36.2 Å². The normalized spacial score (nSPS) is 13.7. The number of aryl methyl sites for hydroxylation is 1. The van der Waals surface area contributed by atoms with Crippen LogP contribution in [0.1, 0.15) is 29.1 Å². The van der Waals surface area contributed by atoms with E-state index in [-0.39, 0.29) is 36.9 Å². The predicted molar refractivity (Wildman–Crippen MR) is 180 cm³/mol. The van der Waals surface area contributed by atoms with Crippen molar-refractivity contribution in [3.05, 3.63) is 94.7 Å². The van der Waals surface area contributed by atoms with Gasteiger partial charge in [-0.05, 0) is 73.9 Å². The molecule has 0 atom stereocenters. The average molecular weight is 680 g/mol. The first-order valence-electron chi connectivity index (χ1n) is 13.7. The molecule has 2 aromatic heterocycles. The SMILES string of the molecule is Cc1ccc(NC(=O)N(Cc2nccs2)C2CCN(Cc3ccc(Oc4ccc(NS(C)(=O)=O)cc4)cc3)CC2)cn1.Cl.Cl. The average Bonchev–Trinajstić information content (AvgIpc) is 3.48. The number of rotatable bonds is 10. The van der Waals surface area contributed by atoms with Crippen LogP contribution in [0.2, 0.25) is 0 Å². The number of carbonyl (C=O) groups is 1. The fourth-order valence-corrected chi connectivity index (χ4v) is 6.01. The zero-order valence-electron chi connectivity index (χ0n) is 24.4. The number of carbonyl (C=O) groups excluding carboxylic acids is 1. The first-order valence-corrected chi connectivity index (χ1v) is 16.4. The number of anilines is 2. The van der Waals surface area contributed by atoms with Crippen molar-refractivity contribution >= 4 is 63.6 Å². The van der Waals surface area contributed by atoms with Crippen LogP contribution in [0, 0.1) is 6.92 Å². The number of aromatic nitrogens is 2. The van der Waals surface area contributed by atoms with Crippen molar-refractivity contribution in [2.24, 2.45) is 0 Å². The molecule has 1 aliphatic rings. The summed E-state index contributed by atoms with van der Waals surface area (Å²) in [6.45, 7) is 4.97. The summed E-state index contributed by atoms with van der Waals surface area (Å²) in [5.41, 5.74) is 3.25. The van der Waals surface area contributed by atoms with Gasteiger partial charge in [-0.25, -0.2) is 18.2 Å². The Morgan fingerprint density at radius 3 is 2.18 bits per heavy atom. The number of ether oxygens (including phenoxy) is 1. The van der Waals surface area contributed by atoms with Crippen LogP contribution in [0.4, 0.5) is 16.2 Å². The number of sulfonamides is 1. The molecule has 2 amide bonds. The molecule has 2 aromatic carbocycles. The summed E-state index contributed by atoms with van der Waals surface area (Å²) in [6, 6.07) is 18.5. The molecule has 5 rings (SSSR count). The summed E-state index contributed by atoms with van der Waals surface area (Å²) in [5, 5.41) is 5.86. The third-order valence-corrected chi connectivity index (χ3v) is 8.30. The van der Waals surface area contributed by atoms with Gasteiger partial charge in [-0.3, -0.25) is 14.6 Å². The second-order valence-electron chi connectivity index (χ2n) is 10.3. The molecule has 0 bridgehead atoms. The Kier molecular flexibility index (Phi) is 12.8. The Labute approximate surface area is 274 Å². The summed E-state index contributed by atoms with van der Waals surface area (Å²) < 4.78 is 31.1. The number of urea groups is 1. The van der Waals surface area contributed by atoms with Crippen LogP contribution in [-0.4, -0.2) is 59.6 Å². The minimum absolute atomic E-state index is 0. The molecule has 0 spiro atoms. The Balaban J connectivity index is 0.00000264. The van der Waals surface area contributed by atoms with Gasteiger partial charge in [0.15, 0.2) is 0 Å². The second kappa shape index (κ2) is 16.1. The maximum atomic E-state index is 13.3. The van der Waals surface area contributed by atoms with Gasteiger partial charge in [0.05, 0.1) is 24.7 Å². The smallest absolute Gasteiger partial charge is 0.322 e. The van der Waals surface area contributed by atoms with Gasteiger partial charge in [0.2, 0.25) is 10.0 Å². The monoisotopic (exact) mass is 678 g/mol. The summed E-state index contributed by atoms with van der Waals surface area (Å²) in [6.07, 6.45) is 6.31. The van der Waals surface area contributed by atoms with Crippen molar-refractivity contribution in [3.8, 4) is 11.5 Å². The first-order chi connectivity index (χ1) is 20.2. The molecule has 4 aromatic rings. The van der Waals surface area contributed by atoms with E-state index in [9.17, 15) is 13.2 Å².